The highest BCUT2D eigenvalue weighted by Gasteiger charge is 2.23. The second-order valence-electron chi connectivity index (χ2n) is 10.3. The van der Waals surface area contributed by atoms with Gasteiger partial charge in [0.1, 0.15) is 11.2 Å². The SMILES string of the molecule is CCCC(=O)Oc1cn(-c2ccc3c(c2)c2ccccc2n3CC)c2nc(CCC)n3c4ccccc4nc3c12. The van der Waals surface area contributed by atoms with Crippen molar-refractivity contribution < 1.29 is 9.53 Å². The fraction of sp³-hybridized carbons (Fsp3) is 0.242. The van der Waals surface area contributed by atoms with Gasteiger partial charge in [-0.1, -0.05) is 44.2 Å². The van der Waals surface area contributed by atoms with Crippen molar-refractivity contribution in [3.05, 3.63) is 78.8 Å². The molecule has 0 saturated heterocycles. The normalized spacial score (nSPS) is 12.0. The van der Waals surface area contributed by atoms with Crippen molar-refractivity contribution in [2.75, 3.05) is 0 Å². The zero-order valence-electron chi connectivity index (χ0n) is 23.0. The predicted octanol–water partition coefficient (Wildman–Crippen LogP) is 7.61. The second-order valence-corrected chi connectivity index (χ2v) is 10.3. The monoisotopic (exact) mass is 529 g/mol. The Morgan fingerprint density at radius 3 is 2.40 bits per heavy atom. The van der Waals surface area contributed by atoms with Gasteiger partial charge in [0.2, 0.25) is 0 Å². The van der Waals surface area contributed by atoms with E-state index in [9.17, 15) is 4.79 Å². The van der Waals surface area contributed by atoms with Gasteiger partial charge in [0.15, 0.2) is 17.0 Å². The van der Waals surface area contributed by atoms with Crippen molar-refractivity contribution in [2.45, 2.75) is 53.0 Å². The van der Waals surface area contributed by atoms with E-state index in [1.54, 1.807) is 0 Å². The molecule has 200 valence electrons. The standard InChI is InChI=1S/C33H31N5O2/c1-4-11-29-35-32-31(33-34-24-14-8-10-16-27(24)38(29)33)28(40-30(39)12-5-2)20-37(32)21-17-18-26-23(19-21)22-13-7-9-15-25(22)36(26)6-3/h7-10,13-20H,4-6,11-12H2,1-3H3. The maximum atomic E-state index is 12.8. The first-order chi connectivity index (χ1) is 19.6. The first-order valence-corrected chi connectivity index (χ1v) is 14.2. The van der Waals surface area contributed by atoms with E-state index in [0.29, 0.717) is 12.2 Å². The smallest absolute Gasteiger partial charge is 0.311 e. The summed E-state index contributed by atoms with van der Waals surface area (Å²) < 4.78 is 12.5. The summed E-state index contributed by atoms with van der Waals surface area (Å²) in [6, 6.07) is 23.1. The molecule has 0 N–H and O–H groups in total. The molecule has 40 heavy (non-hydrogen) atoms. The third-order valence-electron chi connectivity index (χ3n) is 7.72. The molecule has 0 spiro atoms. The van der Waals surface area contributed by atoms with E-state index in [4.69, 9.17) is 14.7 Å². The van der Waals surface area contributed by atoms with Gasteiger partial charge < -0.3 is 9.30 Å². The van der Waals surface area contributed by atoms with Gasteiger partial charge in [0.05, 0.1) is 17.2 Å². The summed E-state index contributed by atoms with van der Waals surface area (Å²) in [7, 11) is 0. The topological polar surface area (TPSA) is 66.3 Å². The lowest BCUT2D eigenvalue weighted by Crippen LogP contribution is -2.07. The van der Waals surface area contributed by atoms with Crippen molar-refractivity contribution in [1.82, 2.24) is 23.5 Å². The minimum atomic E-state index is -0.255. The molecule has 0 atom stereocenters. The third kappa shape index (κ3) is 3.61. The van der Waals surface area contributed by atoms with Crippen LogP contribution in [0.4, 0.5) is 0 Å². The van der Waals surface area contributed by atoms with Crippen molar-refractivity contribution in [2.24, 2.45) is 0 Å². The number of benzene rings is 3. The Bertz CT molecular complexity index is 2080. The molecule has 0 fully saturated rings. The summed E-state index contributed by atoms with van der Waals surface area (Å²) in [4.78, 5) is 23.0. The Labute approximate surface area is 231 Å². The van der Waals surface area contributed by atoms with E-state index >= 15 is 0 Å². The van der Waals surface area contributed by atoms with Gasteiger partial charge in [-0.2, -0.15) is 0 Å². The molecule has 7 aromatic rings. The van der Waals surface area contributed by atoms with Gasteiger partial charge in [-0.3, -0.25) is 13.8 Å². The largest absolute Gasteiger partial charge is 0.424 e. The van der Waals surface area contributed by atoms with Crippen LogP contribution in [0.3, 0.4) is 0 Å². The molecule has 4 heterocycles. The van der Waals surface area contributed by atoms with Crippen LogP contribution in [0.5, 0.6) is 5.75 Å². The number of imidazole rings is 1. The molecule has 4 aromatic heterocycles. The minimum absolute atomic E-state index is 0.255. The number of carbonyl (C=O) groups is 1. The minimum Gasteiger partial charge on any atom is -0.424 e. The van der Waals surface area contributed by atoms with Crippen LogP contribution in [0, 0.1) is 0 Å². The van der Waals surface area contributed by atoms with Crippen LogP contribution in [0.2, 0.25) is 0 Å². The number of aryl methyl sites for hydroxylation is 2. The van der Waals surface area contributed by atoms with Gasteiger partial charge in [-0.25, -0.2) is 9.97 Å². The molecule has 0 aliphatic heterocycles. The van der Waals surface area contributed by atoms with Gasteiger partial charge in [0, 0.05) is 46.9 Å². The van der Waals surface area contributed by atoms with Crippen molar-refractivity contribution in [1.29, 1.82) is 0 Å². The molecule has 7 rings (SSSR count). The zero-order valence-corrected chi connectivity index (χ0v) is 23.0. The maximum absolute atomic E-state index is 12.8. The molecule has 0 bridgehead atoms. The molecule has 0 aliphatic carbocycles. The van der Waals surface area contributed by atoms with Gasteiger partial charge in [-0.15, -0.1) is 0 Å². The number of ether oxygens (including phenoxy) is 1. The number of fused-ring (bicyclic) bond motifs is 8. The van der Waals surface area contributed by atoms with Crippen molar-refractivity contribution in [3.8, 4) is 11.4 Å². The van der Waals surface area contributed by atoms with Gasteiger partial charge in [-0.05, 0) is 56.2 Å². The Hall–Kier alpha value is -4.65. The lowest BCUT2D eigenvalue weighted by atomic mass is 10.1. The Balaban J connectivity index is 1.55. The Morgan fingerprint density at radius 1 is 0.825 bits per heavy atom. The van der Waals surface area contributed by atoms with Crippen LogP contribution in [0.15, 0.2) is 72.9 Å². The first-order valence-electron chi connectivity index (χ1n) is 14.2. The number of hydrogen-bond donors (Lipinski definition) is 0. The molecular formula is C33H31N5O2. The van der Waals surface area contributed by atoms with Crippen LogP contribution in [-0.2, 0) is 17.8 Å². The number of hydrogen-bond acceptors (Lipinski definition) is 4. The van der Waals surface area contributed by atoms with E-state index in [1.807, 2.05) is 31.3 Å². The Morgan fingerprint density at radius 2 is 1.60 bits per heavy atom. The highest BCUT2D eigenvalue weighted by molar-refractivity contribution is 6.09. The second kappa shape index (κ2) is 9.52. The van der Waals surface area contributed by atoms with Crippen LogP contribution in [0.25, 0.3) is 55.2 Å². The Kier molecular flexibility index (Phi) is 5.81. The summed E-state index contributed by atoms with van der Waals surface area (Å²) >= 11 is 0. The van der Waals surface area contributed by atoms with E-state index in [2.05, 4.69) is 75.9 Å². The average molecular weight is 530 g/mol. The zero-order chi connectivity index (χ0) is 27.4. The lowest BCUT2D eigenvalue weighted by molar-refractivity contribution is -0.134. The summed E-state index contributed by atoms with van der Waals surface area (Å²) in [6.07, 6.45) is 4.72. The molecule has 0 unspecified atom stereocenters. The quantitative estimate of drug-likeness (QED) is 0.199. The first kappa shape index (κ1) is 24.4. The summed E-state index contributed by atoms with van der Waals surface area (Å²) in [5.74, 6) is 1.17. The number of para-hydroxylation sites is 3. The summed E-state index contributed by atoms with van der Waals surface area (Å²) in [5, 5.41) is 3.15. The highest BCUT2D eigenvalue weighted by atomic mass is 16.5. The molecular weight excluding hydrogens is 498 g/mol. The highest BCUT2D eigenvalue weighted by Crippen LogP contribution is 2.37. The molecule has 7 nitrogen and oxygen atoms in total. The number of esters is 1. The maximum Gasteiger partial charge on any atom is 0.311 e. The van der Waals surface area contributed by atoms with E-state index in [0.717, 1.165) is 65.0 Å². The van der Waals surface area contributed by atoms with Crippen molar-refractivity contribution in [3.63, 3.8) is 0 Å². The molecule has 0 aliphatic rings. The van der Waals surface area contributed by atoms with Crippen molar-refractivity contribution >= 4 is 55.5 Å². The molecule has 3 aromatic carbocycles. The number of nitrogens with zero attached hydrogens (tertiary/aromatic N) is 5. The molecule has 7 heteroatoms. The number of rotatable bonds is 7. The number of carbonyl (C=O) groups excluding carboxylic acids is 1. The van der Waals surface area contributed by atoms with Gasteiger partial charge in [0.25, 0.3) is 0 Å². The summed E-state index contributed by atoms with van der Waals surface area (Å²) in [5.41, 5.74) is 6.77. The molecule has 0 amide bonds. The van der Waals surface area contributed by atoms with Gasteiger partial charge >= 0.3 is 5.97 Å². The molecule has 0 radical (unpaired) electrons. The lowest BCUT2D eigenvalue weighted by Gasteiger charge is -2.10. The number of aromatic nitrogens is 5. The van der Waals surface area contributed by atoms with E-state index < -0.39 is 0 Å². The fourth-order valence-corrected chi connectivity index (χ4v) is 6.00. The van der Waals surface area contributed by atoms with E-state index in [-0.39, 0.29) is 5.97 Å². The fourth-order valence-electron chi connectivity index (χ4n) is 6.00. The summed E-state index contributed by atoms with van der Waals surface area (Å²) in [6.45, 7) is 7.20. The van der Waals surface area contributed by atoms with Crippen LogP contribution in [-0.4, -0.2) is 29.5 Å². The average Bonchev–Trinajstić information content (AvgIpc) is 3.62. The van der Waals surface area contributed by atoms with Crippen LogP contribution >= 0.6 is 0 Å². The third-order valence-corrected chi connectivity index (χ3v) is 7.72. The molecule has 0 saturated carbocycles. The van der Waals surface area contributed by atoms with Crippen LogP contribution < -0.4 is 4.74 Å². The van der Waals surface area contributed by atoms with E-state index in [1.165, 1.54) is 21.8 Å². The van der Waals surface area contributed by atoms with Crippen LogP contribution in [0.1, 0.15) is 45.9 Å². The predicted molar refractivity (Wildman–Crippen MR) is 161 cm³/mol.